The number of fused-ring (bicyclic) bond motifs is 2. The largest absolute Gasteiger partial charge is 0.382 e. The third-order valence-electron chi connectivity index (χ3n) is 6.59. The highest BCUT2D eigenvalue weighted by molar-refractivity contribution is 5.29. The summed E-state index contributed by atoms with van der Waals surface area (Å²) in [7, 11) is 0. The number of benzene rings is 2. The van der Waals surface area contributed by atoms with E-state index in [1.54, 1.807) is 0 Å². The van der Waals surface area contributed by atoms with Crippen LogP contribution >= 0.6 is 0 Å². The zero-order chi connectivity index (χ0) is 19.6. The van der Waals surface area contributed by atoms with Gasteiger partial charge in [-0.1, -0.05) is 54.6 Å². The number of rotatable bonds is 3. The predicted molar refractivity (Wildman–Crippen MR) is 115 cm³/mol. The maximum Gasteiger partial charge on any atom is 0.123 e. The van der Waals surface area contributed by atoms with E-state index in [0.29, 0.717) is 6.04 Å². The number of nitrogens with zero attached hydrogens (tertiary/aromatic N) is 3. The molecule has 1 aliphatic carbocycles. The molecule has 0 saturated carbocycles. The van der Waals surface area contributed by atoms with Gasteiger partial charge >= 0.3 is 0 Å². The molecule has 5 rings (SSSR count). The molecule has 0 spiro atoms. The van der Waals surface area contributed by atoms with Crippen molar-refractivity contribution in [2.45, 2.75) is 57.3 Å². The van der Waals surface area contributed by atoms with Crippen LogP contribution in [0.1, 0.15) is 53.4 Å². The second-order valence-corrected chi connectivity index (χ2v) is 8.42. The Morgan fingerprint density at radius 1 is 0.897 bits per heavy atom. The standard InChI is InChI=1S/C25H29N3O/c29-25(21-9-2-1-3-10-21)24-17-23-18-27(15-6-16-28(23)26-24)22-13-11-19-7-4-5-8-20(19)12-14-22/h1-5,7-10,17,22,25,29H,6,11-16,18H2/t25-/m1/s1. The molecular weight excluding hydrogens is 358 g/mol. The van der Waals surface area contributed by atoms with E-state index in [2.05, 4.69) is 39.9 Å². The van der Waals surface area contributed by atoms with Crippen molar-refractivity contribution in [2.24, 2.45) is 0 Å². The third-order valence-corrected chi connectivity index (χ3v) is 6.59. The van der Waals surface area contributed by atoms with Gasteiger partial charge in [0, 0.05) is 25.7 Å². The molecule has 0 fully saturated rings. The summed E-state index contributed by atoms with van der Waals surface area (Å²) in [6.45, 7) is 2.98. The molecule has 4 nitrogen and oxygen atoms in total. The summed E-state index contributed by atoms with van der Waals surface area (Å²) in [5.74, 6) is 0. The van der Waals surface area contributed by atoms with Crippen LogP contribution in [-0.2, 0) is 25.9 Å². The third kappa shape index (κ3) is 3.87. The van der Waals surface area contributed by atoms with Gasteiger partial charge in [0.05, 0.1) is 11.4 Å². The summed E-state index contributed by atoms with van der Waals surface area (Å²) in [5, 5.41) is 15.5. The summed E-state index contributed by atoms with van der Waals surface area (Å²) >= 11 is 0. The minimum atomic E-state index is -0.656. The Bertz CT molecular complexity index is 938. The lowest BCUT2D eigenvalue weighted by molar-refractivity contribution is 0.173. The predicted octanol–water partition coefficient (Wildman–Crippen LogP) is 4.12. The number of hydrogen-bond donors (Lipinski definition) is 1. The van der Waals surface area contributed by atoms with E-state index in [4.69, 9.17) is 5.10 Å². The van der Waals surface area contributed by atoms with Crippen molar-refractivity contribution in [1.82, 2.24) is 14.7 Å². The maximum atomic E-state index is 10.8. The zero-order valence-electron chi connectivity index (χ0n) is 16.9. The Morgan fingerprint density at radius 2 is 1.59 bits per heavy atom. The summed E-state index contributed by atoms with van der Waals surface area (Å²) in [6, 6.07) is 21.5. The molecule has 1 N–H and O–H groups in total. The molecule has 0 saturated heterocycles. The van der Waals surface area contributed by atoms with Crippen molar-refractivity contribution in [3.8, 4) is 0 Å². The zero-order valence-corrected chi connectivity index (χ0v) is 16.9. The van der Waals surface area contributed by atoms with Crippen LogP contribution in [0.25, 0.3) is 0 Å². The lowest BCUT2D eigenvalue weighted by Crippen LogP contribution is -2.35. The summed E-state index contributed by atoms with van der Waals surface area (Å²) < 4.78 is 2.12. The first-order chi connectivity index (χ1) is 14.3. The Balaban J connectivity index is 1.33. The molecule has 0 bridgehead atoms. The van der Waals surface area contributed by atoms with Gasteiger partial charge in [-0.25, -0.2) is 0 Å². The fourth-order valence-corrected chi connectivity index (χ4v) is 4.96. The molecule has 0 amide bonds. The second kappa shape index (κ2) is 8.13. The van der Waals surface area contributed by atoms with Crippen LogP contribution in [0.5, 0.6) is 0 Å². The summed E-state index contributed by atoms with van der Waals surface area (Å²) in [6.07, 6.45) is 5.26. The van der Waals surface area contributed by atoms with Crippen LogP contribution in [0.3, 0.4) is 0 Å². The van der Waals surface area contributed by atoms with E-state index in [-0.39, 0.29) is 0 Å². The molecule has 2 heterocycles. The molecule has 29 heavy (non-hydrogen) atoms. The van der Waals surface area contributed by atoms with Gasteiger partial charge in [0.15, 0.2) is 0 Å². The van der Waals surface area contributed by atoms with E-state index in [9.17, 15) is 5.11 Å². The van der Waals surface area contributed by atoms with Gasteiger partial charge in [-0.05, 0) is 54.9 Å². The van der Waals surface area contributed by atoms with Crippen molar-refractivity contribution in [3.63, 3.8) is 0 Å². The first kappa shape index (κ1) is 18.6. The molecule has 150 valence electrons. The van der Waals surface area contributed by atoms with Crippen molar-refractivity contribution >= 4 is 0 Å². The van der Waals surface area contributed by atoms with Crippen LogP contribution in [0.2, 0.25) is 0 Å². The average Bonchev–Trinajstić information content (AvgIpc) is 2.92. The fourth-order valence-electron chi connectivity index (χ4n) is 4.96. The lowest BCUT2D eigenvalue weighted by Gasteiger charge is -2.29. The SMILES string of the molecule is O[C@H](c1ccccc1)c1cc2n(n1)CCCN(C1CCc3ccccc3CC1)C2. The monoisotopic (exact) mass is 387 g/mol. The van der Waals surface area contributed by atoms with E-state index < -0.39 is 6.10 Å². The Labute approximate surface area is 172 Å². The van der Waals surface area contributed by atoms with Gasteiger partial charge in [0.25, 0.3) is 0 Å². The van der Waals surface area contributed by atoms with Gasteiger partial charge in [-0.2, -0.15) is 5.10 Å². The highest BCUT2D eigenvalue weighted by Gasteiger charge is 2.26. The minimum Gasteiger partial charge on any atom is -0.382 e. The van der Waals surface area contributed by atoms with Gasteiger partial charge in [0.1, 0.15) is 6.10 Å². The lowest BCUT2D eigenvalue weighted by atomic mass is 10.0. The van der Waals surface area contributed by atoms with Crippen molar-refractivity contribution in [2.75, 3.05) is 6.54 Å². The van der Waals surface area contributed by atoms with E-state index in [1.165, 1.54) is 42.5 Å². The molecule has 2 aliphatic rings. The smallest absolute Gasteiger partial charge is 0.123 e. The fraction of sp³-hybridized carbons (Fsp3) is 0.400. The quantitative estimate of drug-likeness (QED) is 0.688. The highest BCUT2D eigenvalue weighted by atomic mass is 16.3. The normalized spacial score (nSPS) is 19.1. The molecular formula is C25H29N3O. The second-order valence-electron chi connectivity index (χ2n) is 8.42. The molecule has 2 aromatic carbocycles. The Morgan fingerprint density at radius 3 is 2.31 bits per heavy atom. The van der Waals surface area contributed by atoms with Crippen LogP contribution in [0.15, 0.2) is 60.7 Å². The van der Waals surface area contributed by atoms with Gasteiger partial charge in [-0.15, -0.1) is 0 Å². The number of hydrogen-bond acceptors (Lipinski definition) is 3. The molecule has 1 aromatic heterocycles. The molecule has 4 heteroatoms. The average molecular weight is 388 g/mol. The van der Waals surface area contributed by atoms with Crippen LogP contribution in [0, 0.1) is 0 Å². The molecule has 0 radical (unpaired) electrons. The summed E-state index contributed by atoms with van der Waals surface area (Å²) in [4.78, 5) is 2.66. The van der Waals surface area contributed by atoms with Crippen molar-refractivity contribution < 1.29 is 5.11 Å². The number of aliphatic hydroxyl groups is 1. The Hall–Kier alpha value is -2.43. The minimum absolute atomic E-state index is 0.617. The highest BCUT2D eigenvalue weighted by Crippen LogP contribution is 2.28. The molecule has 1 aliphatic heterocycles. The number of aliphatic hydroxyl groups excluding tert-OH is 1. The van der Waals surface area contributed by atoms with Crippen LogP contribution in [-0.4, -0.2) is 32.4 Å². The van der Waals surface area contributed by atoms with Crippen LogP contribution in [0.4, 0.5) is 0 Å². The summed E-state index contributed by atoms with van der Waals surface area (Å²) in [5.41, 5.74) is 5.96. The number of aromatic nitrogens is 2. The van der Waals surface area contributed by atoms with Crippen molar-refractivity contribution in [3.05, 3.63) is 88.7 Å². The molecule has 1 atom stereocenters. The number of aryl methyl sites for hydroxylation is 3. The van der Waals surface area contributed by atoms with Crippen molar-refractivity contribution in [1.29, 1.82) is 0 Å². The molecule has 3 aromatic rings. The maximum absolute atomic E-state index is 10.8. The van der Waals surface area contributed by atoms with Gasteiger partial charge in [0.2, 0.25) is 0 Å². The molecule has 0 unspecified atom stereocenters. The van der Waals surface area contributed by atoms with Gasteiger partial charge < -0.3 is 5.11 Å². The topological polar surface area (TPSA) is 41.3 Å². The van der Waals surface area contributed by atoms with Crippen LogP contribution < -0.4 is 0 Å². The van der Waals surface area contributed by atoms with Gasteiger partial charge in [-0.3, -0.25) is 9.58 Å². The Kier molecular flexibility index (Phi) is 5.21. The van der Waals surface area contributed by atoms with E-state index >= 15 is 0 Å². The van der Waals surface area contributed by atoms with E-state index in [1.807, 2.05) is 30.3 Å². The first-order valence-electron chi connectivity index (χ1n) is 10.9. The van der Waals surface area contributed by atoms with E-state index in [0.717, 1.165) is 37.3 Å². The first-order valence-corrected chi connectivity index (χ1v) is 10.9.